The molecule has 0 aliphatic rings. The predicted molar refractivity (Wildman–Crippen MR) is 90.5 cm³/mol. The third-order valence-corrected chi connectivity index (χ3v) is 4.10. The number of carbonyl (C=O) groups is 1. The predicted octanol–water partition coefficient (Wildman–Crippen LogP) is 3.19. The van der Waals surface area contributed by atoms with E-state index in [1.54, 1.807) is 12.1 Å². The maximum atomic E-state index is 12.2. The zero-order valence-electron chi connectivity index (χ0n) is 12.8. The van der Waals surface area contributed by atoms with Gasteiger partial charge in [0.25, 0.3) is 10.0 Å². The van der Waals surface area contributed by atoms with Gasteiger partial charge in [0.2, 0.25) is 0 Å². The molecule has 0 unspecified atom stereocenters. The van der Waals surface area contributed by atoms with Gasteiger partial charge in [0.05, 0.1) is 23.8 Å². The average molecular weight is 331 g/mol. The van der Waals surface area contributed by atoms with E-state index in [2.05, 4.69) is 9.46 Å². The van der Waals surface area contributed by atoms with Crippen molar-refractivity contribution in [2.45, 2.75) is 6.92 Å². The van der Waals surface area contributed by atoms with Gasteiger partial charge in [-0.3, -0.25) is 4.72 Å². The van der Waals surface area contributed by atoms with Crippen LogP contribution in [0.15, 0.2) is 53.9 Å². The summed E-state index contributed by atoms with van der Waals surface area (Å²) in [6.45, 7) is 1.95. The van der Waals surface area contributed by atoms with E-state index < -0.39 is 16.0 Å². The molecule has 2 rings (SSSR count). The Morgan fingerprint density at radius 3 is 2.39 bits per heavy atom. The van der Waals surface area contributed by atoms with Gasteiger partial charge >= 0.3 is 5.97 Å². The molecular formula is C17H17NO4S. The maximum absolute atomic E-state index is 12.2. The highest BCUT2D eigenvalue weighted by molar-refractivity contribution is 7.95. The van der Waals surface area contributed by atoms with Crippen molar-refractivity contribution in [1.29, 1.82) is 0 Å². The van der Waals surface area contributed by atoms with E-state index in [-0.39, 0.29) is 11.3 Å². The first-order chi connectivity index (χ1) is 10.9. The van der Waals surface area contributed by atoms with Crippen LogP contribution < -0.4 is 4.72 Å². The van der Waals surface area contributed by atoms with Crippen LogP contribution in [-0.2, 0) is 14.8 Å². The molecule has 0 heterocycles. The van der Waals surface area contributed by atoms with Crippen molar-refractivity contribution in [1.82, 2.24) is 0 Å². The van der Waals surface area contributed by atoms with E-state index in [4.69, 9.17) is 0 Å². The van der Waals surface area contributed by atoms with Crippen LogP contribution in [0.1, 0.15) is 21.5 Å². The molecule has 6 heteroatoms. The second-order valence-electron chi connectivity index (χ2n) is 4.90. The zero-order chi connectivity index (χ0) is 16.9. The van der Waals surface area contributed by atoms with Gasteiger partial charge in [-0.15, -0.1) is 0 Å². The second-order valence-corrected chi connectivity index (χ2v) is 6.46. The van der Waals surface area contributed by atoms with Crippen LogP contribution in [0.25, 0.3) is 6.08 Å². The van der Waals surface area contributed by atoms with Gasteiger partial charge in [-0.2, -0.15) is 0 Å². The fraction of sp³-hybridized carbons (Fsp3) is 0.118. The Bertz CT molecular complexity index is 824. The van der Waals surface area contributed by atoms with E-state index in [0.717, 1.165) is 16.5 Å². The summed E-state index contributed by atoms with van der Waals surface area (Å²) in [5, 5.41) is 1.06. The van der Waals surface area contributed by atoms with Crippen LogP contribution in [-0.4, -0.2) is 21.5 Å². The second kappa shape index (κ2) is 7.11. The fourth-order valence-corrected chi connectivity index (χ4v) is 2.78. The smallest absolute Gasteiger partial charge is 0.339 e. The van der Waals surface area contributed by atoms with Gasteiger partial charge < -0.3 is 4.74 Å². The molecule has 0 fully saturated rings. The molecule has 0 aromatic heterocycles. The van der Waals surface area contributed by atoms with Crippen molar-refractivity contribution in [2.75, 3.05) is 11.8 Å². The number of anilines is 1. The molecule has 0 saturated heterocycles. The number of para-hydroxylation sites is 1. The molecule has 0 bridgehead atoms. The van der Waals surface area contributed by atoms with E-state index in [9.17, 15) is 13.2 Å². The summed E-state index contributed by atoms with van der Waals surface area (Å²) < 4.78 is 31.3. The van der Waals surface area contributed by atoms with Crippen LogP contribution >= 0.6 is 0 Å². The number of rotatable bonds is 5. The molecule has 1 N–H and O–H groups in total. The number of hydrogen-bond acceptors (Lipinski definition) is 4. The summed E-state index contributed by atoms with van der Waals surface area (Å²) in [6.07, 6.45) is 1.49. The normalized spacial score (nSPS) is 11.4. The van der Waals surface area contributed by atoms with Crippen molar-refractivity contribution in [3.05, 3.63) is 70.6 Å². The molecule has 0 radical (unpaired) electrons. The first kappa shape index (κ1) is 16.8. The van der Waals surface area contributed by atoms with Crippen LogP contribution in [0, 0.1) is 6.92 Å². The topological polar surface area (TPSA) is 72.5 Å². The van der Waals surface area contributed by atoms with Crippen LogP contribution in [0.3, 0.4) is 0 Å². The quantitative estimate of drug-likeness (QED) is 0.854. The lowest BCUT2D eigenvalue weighted by molar-refractivity contribution is 0.0602. The maximum Gasteiger partial charge on any atom is 0.339 e. The minimum Gasteiger partial charge on any atom is -0.465 e. The summed E-state index contributed by atoms with van der Waals surface area (Å²) in [7, 11) is -2.50. The third-order valence-electron chi connectivity index (χ3n) is 3.10. The van der Waals surface area contributed by atoms with Gasteiger partial charge in [0, 0.05) is 0 Å². The summed E-state index contributed by atoms with van der Waals surface area (Å²) >= 11 is 0. The van der Waals surface area contributed by atoms with Crippen LogP contribution in [0.4, 0.5) is 5.69 Å². The first-order valence-electron chi connectivity index (χ1n) is 6.86. The highest BCUT2D eigenvalue weighted by Gasteiger charge is 2.14. The SMILES string of the molecule is COC(=O)c1ccccc1NS(=O)(=O)/C=C/c1ccc(C)cc1. The zero-order valence-corrected chi connectivity index (χ0v) is 13.6. The molecule has 23 heavy (non-hydrogen) atoms. The summed E-state index contributed by atoms with van der Waals surface area (Å²) in [5.74, 6) is -0.606. The molecule has 5 nitrogen and oxygen atoms in total. The van der Waals surface area contributed by atoms with Crippen LogP contribution in [0.2, 0.25) is 0 Å². The highest BCUT2D eigenvalue weighted by atomic mass is 32.2. The molecule has 0 spiro atoms. The van der Waals surface area contributed by atoms with Gasteiger partial charge in [0.15, 0.2) is 0 Å². The lowest BCUT2D eigenvalue weighted by Gasteiger charge is -2.09. The number of aryl methyl sites for hydroxylation is 1. The number of esters is 1. The molecule has 0 aliphatic carbocycles. The van der Waals surface area contributed by atoms with Crippen molar-refractivity contribution in [3.63, 3.8) is 0 Å². The Morgan fingerprint density at radius 1 is 1.09 bits per heavy atom. The number of hydrogen-bond donors (Lipinski definition) is 1. The lowest BCUT2D eigenvalue weighted by atomic mass is 10.2. The number of ether oxygens (including phenoxy) is 1. The average Bonchev–Trinajstić information content (AvgIpc) is 2.54. The minimum absolute atomic E-state index is 0.155. The highest BCUT2D eigenvalue weighted by Crippen LogP contribution is 2.18. The number of benzene rings is 2. The third kappa shape index (κ3) is 4.69. The lowest BCUT2D eigenvalue weighted by Crippen LogP contribution is -2.13. The molecule has 2 aromatic carbocycles. The summed E-state index contributed by atoms with van der Waals surface area (Å²) in [4.78, 5) is 11.7. The summed E-state index contributed by atoms with van der Waals surface area (Å²) in [6, 6.07) is 13.7. The van der Waals surface area contributed by atoms with E-state index >= 15 is 0 Å². The van der Waals surface area contributed by atoms with Gasteiger partial charge in [-0.1, -0.05) is 42.0 Å². The van der Waals surface area contributed by atoms with Gasteiger partial charge in [0.1, 0.15) is 0 Å². The van der Waals surface area contributed by atoms with Gasteiger partial charge in [-0.05, 0) is 30.7 Å². The monoisotopic (exact) mass is 331 g/mol. The number of nitrogens with one attached hydrogen (secondary N) is 1. The number of sulfonamides is 1. The van der Waals surface area contributed by atoms with E-state index in [0.29, 0.717) is 0 Å². The Morgan fingerprint density at radius 2 is 1.74 bits per heavy atom. The summed E-state index contributed by atoms with van der Waals surface area (Å²) in [5.41, 5.74) is 2.19. The van der Waals surface area contributed by atoms with Gasteiger partial charge in [-0.25, -0.2) is 13.2 Å². The molecule has 0 aliphatic heterocycles. The Hall–Kier alpha value is -2.60. The number of methoxy groups -OCH3 is 1. The Kier molecular flexibility index (Phi) is 5.18. The fourth-order valence-electron chi connectivity index (χ4n) is 1.89. The van der Waals surface area contributed by atoms with Crippen molar-refractivity contribution in [2.24, 2.45) is 0 Å². The molecule has 0 saturated carbocycles. The van der Waals surface area contributed by atoms with E-state index in [1.165, 1.54) is 25.3 Å². The molecule has 2 aromatic rings. The number of carbonyl (C=O) groups excluding carboxylic acids is 1. The first-order valence-corrected chi connectivity index (χ1v) is 8.41. The van der Waals surface area contributed by atoms with Crippen molar-refractivity contribution in [3.8, 4) is 0 Å². The van der Waals surface area contributed by atoms with Crippen molar-refractivity contribution < 1.29 is 17.9 Å². The molecule has 120 valence electrons. The van der Waals surface area contributed by atoms with E-state index in [1.807, 2.05) is 31.2 Å². The standard InChI is InChI=1S/C17H17NO4S/c1-13-7-9-14(10-8-13)11-12-23(20,21)18-16-6-4-3-5-15(16)17(19)22-2/h3-12,18H,1-2H3/b12-11+. The molecule has 0 amide bonds. The largest absolute Gasteiger partial charge is 0.465 e. The minimum atomic E-state index is -3.75. The Labute approximate surface area is 135 Å². The molecular weight excluding hydrogens is 314 g/mol. The Balaban J connectivity index is 2.22. The van der Waals surface area contributed by atoms with Crippen LogP contribution in [0.5, 0.6) is 0 Å². The van der Waals surface area contributed by atoms with Crippen molar-refractivity contribution >= 4 is 27.8 Å². The molecule has 0 atom stereocenters.